The van der Waals surface area contributed by atoms with Crippen LogP contribution in [0.25, 0.3) is 22.3 Å². The molecule has 0 aliphatic rings. The summed E-state index contributed by atoms with van der Waals surface area (Å²) in [6, 6.07) is 13.6. The van der Waals surface area contributed by atoms with Gasteiger partial charge in [-0.1, -0.05) is 38.1 Å². The lowest BCUT2D eigenvalue weighted by atomic mass is 10.00. The summed E-state index contributed by atoms with van der Waals surface area (Å²) in [7, 11) is 1.37. The van der Waals surface area contributed by atoms with E-state index in [4.69, 9.17) is 9.72 Å². The molecule has 1 aromatic heterocycles. The van der Waals surface area contributed by atoms with Crippen LogP contribution in [0, 0.1) is 6.92 Å². The SMILES string of the molecule is COC(=O)c1ccc2nc(C)c(-c3ccc(C(C)C)cc3)nc2c1. The summed E-state index contributed by atoms with van der Waals surface area (Å²) in [5.74, 6) is 0.118. The van der Waals surface area contributed by atoms with Gasteiger partial charge in [0, 0.05) is 5.56 Å². The molecule has 0 unspecified atom stereocenters. The number of benzene rings is 2. The maximum Gasteiger partial charge on any atom is 0.337 e. The van der Waals surface area contributed by atoms with Crippen LogP contribution in [0.4, 0.5) is 0 Å². The Hall–Kier alpha value is -2.75. The molecule has 0 aliphatic heterocycles. The highest BCUT2D eigenvalue weighted by Crippen LogP contribution is 2.25. The van der Waals surface area contributed by atoms with E-state index in [9.17, 15) is 4.79 Å². The maximum atomic E-state index is 11.7. The van der Waals surface area contributed by atoms with E-state index < -0.39 is 0 Å². The lowest BCUT2D eigenvalue weighted by Crippen LogP contribution is -2.02. The quantitative estimate of drug-likeness (QED) is 0.666. The normalized spacial score (nSPS) is 11.0. The first-order valence-corrected chi connectivity index (χ1v) is 7.96. The van der Waals surface area contributed by atoms with E-state index in [2.05, 4.69) is 43.1 Å². The third-order valence-electron chi connectivity index (χ3n) is 4.11. The van der Waals surface area contributed by atoms with Crippen molar-refractivity contribution in [3.05, 3.63) is 59.3 Å². The van der Waals surface area contributed by atoms with Crippen molar-refractivity contribution in [2.45, 2.75) is 26.7 Å². The van der Waals surface area contributed by atoms with E-state index in [0.717, 1.165) is 22.5 Å². The highest BCUT2D eigenvalue weighted by Gasteiger charge is 2.11. The summed E-state index contributed by atoms with van der Waals surface area (Å²) in [5, 5.41) is 0. The molecule has 0 radical (unpaired) electrons. The molecule has 24 heavy (non-hydrogen) atoms. The minimum Gasteiger partial charge on any atom is -0.465 e. The maximum absolute atomic E-state index is 11.7. The summed E-state index contributed by atoms with van der Waals surface area (Å²) < 4.78 is 4.77. The molecular formula is C20H20N2O2. The van der Waals surface area contributed by atoms with Crippen LogP contribution in [0.15, 0.2) is 42.5 Å². The largest absolute Gasteiger partial charge is 0.465 e. The van der Waals surface area contributed by atoms with Crippen LogP contribution in [0.5, 0.6) is 0 Å². The first kappa shape index (κ1) is 16.1. The van der Waals surface area contributed by atoms with Gasteiger partial charge in [0.2, 0.25) is 0 Å². The second kappa shape index (κ2) is 6.40. The molecule has 1 heterocycles. The highest BCUT2D eigenvalue weighted by atomic mass is 16.5. The average Bonchev–Trinajstić information content (AvgIpc) is 2.60. The number of aromatic nitrogens is 2. The Balaban J connectivity index is 2.10. The molecule has 0 saturated carbocycles. The minimum atomic E-state index is -0.373. The third kappa shape index (κ3) is 3.00. The lowest BCUT2D eigenvalue weighted by Gasteiger charge is -2.10. The Morgan fingerprint density at radius 2 is 1.71 bits per heavy atom. The van der Waals surface area contributed by atoms with Gasteiger partial charge in [0.25, 0.3) is 0 Å². The lowest BCUT2D eigenvalue weighted by molar-refractivity contribution is 0.0601. The molecule has 0 spiro atoms. The highest BCUT2D eigenvalue weighted by molar-refractivity contribution is 5.93. The van der Waals surface area contributed by atoms with Crippen molar-refractivity contribution in [2.24, 2.45) is 0 Å². The molecule has 0 saturated heterocycles. The zero-order valence-electron chi connectivity index (χ0n) is 14.3. The fourth-order valence-corrected chi connectivity index (χ4v) is 2.69. The van der Waals surface area contributed by atoms with Crippen LogP contribution in [0.2, 0.25) is 0 Å². The number of rotatable bonds is 3. The van der Waals surface area contributed by atoms with Crippen LogP contribution < -0.4 is 0 Å². The number of hydrogen-bond acceptors (Lipinski definition) is 4. The Morgan fingerprint density at radius 3 is 2.33 bits per heavy atom. The van der Waals surface area contributed by atoms with Crippen molar-refractivity contribution in [3.8, 4) is 11.3 Å². The van der Waals surface area contributed by atoms with E-state index >= 15 is 0 Å². The topological polar surface area (TPSA) is 52.1 Å². The molecule has 4 heteroatoms. The smallest absolute Gasteiger partial charge is 0.337 e. The average molecular weight is 320 g/mol. The standard InChI is InChI=1S/C20H20N2O2/c1-12(2)14-5-7-15(8-6-14)19-13(3)21-17-10-9-16(20(23)24-4)11-18(17)22-19/h5-12H,1-4H3. The summed E-state index contributed by atoms with van der Waals surface area (Å²) in [6.45, 7) is 6.29. The number of methoxy groups -OCH3 is 1. The van der Waals surface area contributed by atoms with Gasteiger partial charge in [-0.15, -0.1) is 0 Å². The molecular weight excluding hydrogens is 300 g/mol. The summed E-state index contributed by atoms with van der Waals surface area (Å²) in [5.41, 5.74) is 5.94. The Kier molecular flexibility index (Phi) is 4.30. The Bertz CT molecular complexity index is 899. The van der Waals surface area contributed by atoms with Gasteiger partial charge in [0.15, 0.2) is 0 Å². The first-order valence-electron chi connectivity index (χ1n) is 7.96. The zero-order valence-corrected chi connectivity index (χ0v) is 14.3. The predicted octanol–water partition coefficient (Wildman–Crippen LogP) is 4.52. The fraction of sp³-hybridized carbons (Fsp3) is 0.250. The second-order valence-corrected chi connectivity index (χ2v) is 6.13. The number of ether oxygens (including phenoxy) is 1. The Labute approximate surface area is 141 Å². The van der Waals surface area contributed by atoms with Crippen LogP contribution in [0.3, 0.4) is 0 Å². The minimum absolute atomic E-state index is 0.373. The molecule has 0 bridgehead atoms. The van der Waals surface area contributed by atoms with Crippen molar-refractivity contribution < 1.29 is 9.53 Å². The summed E-state index contributed by atoms with van der Waals surface area (Å²) in [4.78, 5) is 21.1. The van der Waals surface area contributed by atoms with Crippen LogP contribution in [0.1, 0.15) is 41.4 Å². The molecule has 3 rings (SSSR count). The number of hydrogen-bond donors (Lipinski definition) is 0. The first-order chi connectivity index (χ1) is 11.5. The van der Waals surface area contributed by atoms with Gasteiger partial charge in [-0.25, -0.2) is 14.8 Å². The molecule has 0 atom stereocenters. The van der Waals surface area contributed by atoms with Gasteiger partial charge in [0.1, 0.15) is 0 Å². The molecule has 0 aliphatic carbocycles. The molecule has 3 aromatic rings. The van der Waals surface area contributed by atoms with E-state index in [1.807, 2.05) is 6.92 Å². The van der Waals surface area contributed by atoms with Crippen molar-refractivity contribution in [1.82, 2.24) is 9.97 Å². The molecule has 0 amide bonds. The predicted molar refractivity (Wildman–Crippen MR) is 95.1 cm³/mol. The number of nitrogens with zero attached hydrogens (tertiary/aromatic N) is 2. The van der Waals surface area contributed by atoms with Gasteiger partial charge in [-0.3, -0.25) is 0 Å². The molecule has 4 nitrogen and oxygen atoms in total. The number of carbonyl (C=O) groups is 1. The Morgan fingerprint density at radius 1 is 1.00 bits per heavy atom. The van der Waals surface area contributed by atoms with Crippen LogP contribution in [-0.4, -0.2) is 23.0 Å². The molecule has 0 fully saturated rings. The van der Waals surface area contributed by atoms with Gasteiger partial charge in [-0.2, -0.15) is 0 Å². The number of carbonyl (C=O) groups excluding carboxylic acids is 1. The molecule has 2 aromatic carbocycles. The number of esters is 1. The van der Waals surface area contributed by atoms with Crippen molar-refractivity contribution >= 4 is 17.0 Å². The summed E-state index contributed by atoms with van der Waals surface area (Å²) in [6.07, 6.45) is 0. The van der Waals surface area contributed by atoms with Crippen LogP contribution in [-0.2, 0) is 4.74 Å². The van der Waals surface area contributed by atoms with Gasteiger partial charge in [-0.05, 0) is 36.6 Å². The number of aryl methyl sites for hydroxylation is 1. The monoisotopic (exact) mass is 320 g/mol. The van der Waals surface area contributed by atoms with E-state index in [1.165, 1.54) is 12.7 Å². The van der Waals surface area contributed by atoms with Crippen LogP contribution >= 0.6 is 0 Å². The number of fused-ring (bicyclic) bond motifs is 1. The van der Waals surface area contributed by atoms with Gasteiger partial charge >= 0.3 is 5.97 Å². The zero-order chi connectivity index (χ0) is 17.3. The third-order valence-corrected chi connectivity index (χ3v) is 4.11. The van der Waals surface area contributed by atoms with Crippen molar-refractivity contribution in [1.29, 1.82) is 0 Å². The molecule has 122 valence electrons. The fourth-order valence-electron chi connectivity index (χ4n) is 2.69. The van der Waals surface area contributed by atoms with E-state index in [0.29, 0.717) is 17.0 Å². The summed E-state index contributed by atoms with van der Waals surface area (Å²) >= 11 is 0. The van der Waals surface area contributed by atoms with Crippen molar-refractivity contribution in [2.75, 3.05) is 7.11 Å². The van der Waals surface area contributed by atoms with E-state index in [-0.39, 0.29) is 5.97 Å². The van der Waals surface area contributed by atoms with Gasteiger partial charge in [0.05, 0.1) is 35.1 Å². The van der Waals surface area contributed by atoms with E-state index in [1.54, 1.807) is 18.2 Å². The second-order valence-electron chi connectivity index (χ2n) is 6.13. The molecule has 0 N–H and O–H groups in total. The van der Waals surface area contributed by atoms with Gasteiger partial charge < -0.3 is 4.74 Å². The van der Waals surface area contributed by atoms with Crippen molar-refractivity contribution in [3.63, 3.8) is 0 Å².